The lowest BCUT2D eigenvalue weighted by atomic mass is 10.3. The molecule has 0 saturated carbocycles. The molecule has 0 spiro atoms. The lowest BCUT2D eigenvalue weighted by Gasteiger charge is -2.32. The van der Waals surface area contributed by atoms with Gasteiger partial charge in [0.25, 0.3) is 0 Å². The normalized spacial score (nSPS) is 18.4. The first kappa shape index (κ1) is 12.1. The maximum Gasteiger partial charge on any atom is 0.337 e. The van der Waals surface area contributed by atoms with Crippen molar-refractivity contribution in [3.8, 4) is 0 Å². The van der Waals surface area contributed by atoms with Crippen molar-refractivity contribution in [3.05, 3.63) is 24.0 Å². The van der Waals surface area contributed by atoms with Gasteiger partial charge in [0.2, 0.25) is 0 Å². The largest absolute Gasteiger partial charge is 0.478 e. The van der Waals surface area contributed by atoms with E-state index in [1.165, 1.54) is 0 Å². The third-order valence-electron chi connectivity index (χ3n) is 3.27. The van der Waals surface area contributed by atoms with Crippen molar-refractivity contribution in [2.45, 2.75) is 6.54 Å². The van der Waals surface area contributed by atoms with Gasteiger partial charge in [-0.1, -0.05) is 0 Å². The van der Waals surface area contributed by atoms with Crippen LogP contribution in [0.3, 0.4) is 0 Å². The number of likely N-dealkylation sites (N-methyl/N-ethyl adjacent to an activating group) is 1. The Balaban J connectivity index is 1.79. The predicted molar refractivity (Wildman–Crippen MR) is 65.3 cm³/mol. The minimum atomic E-state index is -0.858. The molecule has 94 valence electrons. The summed E-state index contributed by atoms with van der Waals surface area (Å²) < 4.78 is 1.95. The topological polar surface area (TPSA) is 48.7 Å². The van der Waals surface area contributed by atoms with E-state index in [1.54, 1.807) is 12.3 Å². The van der Waals surface area contributed by atoms with Crippen LogP contribution in [0.4, 0.5) is 0 Å². The van der Waals surface area contributed by atoms with Crippen LogP contribution in [0.15, 0.2) is 18.5 Å². The number of rotatable bonds is 4. The van der Waals surface area contributed by atoms with Crippen molar-refractivity contribution >= 4 is 5.97 Å². The molecule has 0 aliphatic carbocycles. The summed E-state index contributed by atoms with van der Waals surface area (Å²) in [5, 5.41) is 8.81. The first-order valence-corrected chi connectivity index (χ1v) is 5.95. The van der Waals surface area contributed by atoms with Crippen molar-refractivity contribution in [1.29, 1.82) is 0 Å². The van der Waals surface area contributed by atoms with Crippen LogP contribution in [0, 0.1) is 0 Å². The SMILES string of the molecule is CN1CCN(CCn2ccc(C(=O)O)c2)CC1. The molecule has 1 aliphatic heterocycles. The highest BCUT2D eigenvalue weighted by atomic mass is 16.4. The third kappa shape index (κ3) is 3.31. The van der Waals surface area contributed by atoms with Gasteiger partial charge in [-0.15, -0.1) is 0 Å². The number of carbonyl (C=O) groups is 1. The van der Waals surface area contributed by atoms with E-state index in [0.717, 1.165) is 39.3 Å². The van der Waals surface area contributed by atoms with Crippen molar-refractivity contribution in [1.82, 2.24) is 14.4 Å². The number of aromatic carboxylic acids is 1. The van der Waals surface area contributed by atoms with E-state index in [0.29, 0.717) is 5.56 Å². The molecule has 5 heteroatoms. The predicted octanol–water partition coefficient (Wildman–Crippen LogP) is 0.434. The number of aromatic nitrogens is 1. The van der Waals surface area contributed by atoms with Crippen LogP contribution in [0.5, 0.6) is 0 Å². The molecule has 1 aliphatic rings. The van der Waals surface area contributed by atoms with E-state index >= 15 is 0 Å². The van der Waals surface area contributed by atoms with E-state index in [-0.39, 0.29) is 0 Å². The Morgan fingerprint density at radius 2 is 2.00 bits per heavy atom. The zero-order valence-corrected chi connectivity index (χ0v) is 10.2. The number of piperazine rings is 1. The van der Waals surface area contributed by atoms with Crippen molar-refractivity contribution < 1.29 is 9.90 Å². The van der Waals surface area contributed by atoms with E-state index < -0.39 is 5.97 Å². The highest BCUT2D eigenvalue weighted by Crippen LogP contribution is 2.03. The second-order valence-electron chi connectivity index (χ2n) is 4.59. The van der Waals surface area contributed by atoms with Crippen LogP contribution >= 0.6 is 0 Å². The molecule has 1 aromatic heterocycles. The van der Waals surface area contributed by atoms with Crippen LogP contribution in [0.25, 0.3) is 0 Å². The Morgan fingerprint density at radius 3 is 2.59 bits per heavy atom. The Hall–Kier alpha value is -1.33. The summed E-state index contributed by atoms with van der Waals surface area (Å²) in [5.74, 6) is -0.858. The van der Waals surface area contributed by atoms with Gasteiger partial charge < -0.3 is 14.6 Å². The molecule has 17 heavy (non-hydrogen) atoms. The Kier molecular flexibility index (Phi) is 3.81. The minimum Gasteiger partial charge on any atom is -0.478 e. The van der Waals surface area contributed by atoms with Crippen LogP contribution in [-0.2, 0) is 6.54 Å². The summed E-state index contributed by atoms with van der Waals surface area (Å²) in [6.45, 7) is 6.28. The van der Waals surface area contributed by atoms with Crippen molar-refractivity contribution in [3.63, 3.8) is 0 Å². The zero-order chi connectivity index (χ0) is 12.3. The second kappa shape index (κ2) is 5.33. The molecule has 1 N–H and O–H groups in total. The fourth-order valence-corrected chi connectivity index (χ4v) is 2.03. The number of carboxylic acids is 1. The summed E-state index contributed by atoms with van der Waals surface area (Å²) in [6.07, 6.45) is 3.53. The van der Waals surface area contributed by atoms with Crippen LogP contribution in [-0.4, -0.2) is 65.2 Å². The highest BCUT2D eigenvalue weighted by Gasteiger charge is 2.13. The Bertz CT molecular complexity index is 381. The molecule has 0 unspecified atom stereocenters. The first-order valence-electron chi connectivity index (χ1n) is 5.95. The molecule has 0 amide bonds. The van der Waals surface area contributed by atoms with E-state index in [2.05, 4.69) is 16.8 Å². The highest BCUT2D eigenvalue weighted by molar-refractivity contribution is 5.87. The lowest BCUT2D eigenvalue weighted by molar-refractivity contribution is 0.0697. The van der Waals surface area contributed by atoms with Gasteiger partial charge in [-0.3, -0.25) is 4.90 Å². The average Bonchev–Trinajstić information content (AvgIpc) is 2.77. The van der Waals surface area contributed by atoms with Gasteiger partial charge in [0.15, 0.2) is 0 Å². The first-order chi connectivity index (χ1) is 8.15. The van der Waals surface area contributed by atoms with Gasteiger partial charge >= 0.3 is 5.97 Å². The standard InChI is InChI=1S/C12H19N3O2/c1-13-4-6-14(7-5-13)8-9-15-3-2-11(10-15)12(16)17/h2-3,10H,4-9H2,1H3,(H,16,17). The number of hydrogen-bond acceptors (Lipinski definition) is 3. The summed E-state index contributed by atoms with van der Waals surface area (Å²) >= 11 is 0. The number of carboxylic acid groups (broad SMARTS) is 1. The van der Waals surface area contributed by atoms with E-state index in [4.69, 9.17) is 5.11 Å². The van der Waals surface area contributed by atoms with E-state index in [1.807, 2.05) is 10.8 Å². The van der Waals surface area contributed by atoms with Crippen LogP contribution in [0.2, 0.25) is 0 Å². The fourth-order valence-electron chi connectivity index (χ4n) is 2.03. The van der Waals surface area contributed by atoms with Crippen LogP contribution < -0.4 is 0 Å². The summed E-state index contributed by atoms with van der Waals surface area (Å²) in [7, 11) is 2.14. The third-order valence-corrected chi connectivity index (χ3v) is 3.27. The minimum absolute atomic E-state index is 0.364. The van der Waals surface area contributed by atoms with Crippen LogP contribution in [0.1, 0.15) is 10.4 Å². The van der Waals surface area contributed by atoms with E-state index in [9.17, 15) is 4.79 Å². The number of nitrogens with zero attached hydrogens (tertiary/aromatic N) is 3. The molecular weight excluding hydrogens is 218 g/mol. The quantitative estimate of drug-likeness (QED) is 0.825. The Morgan fingerprint density at radius 1 is 1.29 bits per heavy atom. The maximum absolute atomic E-state index is 10.7. The molecule has 0 atom stereocenters. The molecule has 2 rings (SSSR count). The van der Waals surface area contributed by atoms with Gasteiger partial charge in [0, 0.05) is 51.7 Å². The summed E-state index contributed by atoms with van der Waals surface area (Å²) in [5.41, 5.74) is 0.364. The molecule has 0 radical (unpaired) electrons. The molecule has 2 heterocycles. The number of hydrogen-bond donors (Lipinski definition) is 1. The second-order valence-corrected chi connectivity index (χ2v) is 4.59. The van der Waals surface area contributed by atoms with Gasteiger partial charge in [-0.2, -0.15) is 0 Å². The molecule has 0 aromatic carbocycles. The molecule has 5 nitrogen and oxygen atoms in total. The fraction of sp³-hybridized carbons (Fsp3) is 0.583. The van der Waals surface area contributed by atoms with Gasteiger partial charge in [-0.05, 0) is 13.1 Å². The molecule has 1 aromatic rings. The summed E-state index contributed by atoms with van der Waals surface area (Å²) in [6, 6.07) is 1.65. The van der Waals surface area contributed by atoms with Gasteiger partial charge in [-0.25, -0.2) is 4.79 Å². The zero-order valence-electron chi connectivity index (χ0n) is 10.2. The molecule has 0 bridgehead atoms. The van der Waals surface area contributed by atoms with Crippen molar-refractivity contribution in [2.24, 2.45) is 0 Å². The average molecular weight is 237 g/mol. The van der Waals surface area contributed by atoms with Gasteiger partial charge in [0.1, 0.15) is 0 Å². The molecular formula is C12H19N3O2. The van der Waals surface area contributed by atoms with Crippen molar-refractivity contribution in [2.75, 3.05) is 39.8 Å². The monoisotopic (exact) mass is 237 g/mol. The van der Waals surface area contributed by atoms with Gasteiger partial charge in [0.05, 0.1) is 5.56 Å². The Labute approximate surface area is 101 Å². The molecule has 1 saturated heterocycles. The maximum atomic E-state index is 10.7. The summed E-state index contributed by atoms with van der Waals surface area (Å²) in [4.78, 5) is 15.5. The lowest BCUT2D eigenvalue weighted by Crippen LogP contribution is -2.45. The smallest absolute Gasteiger partial charge is 0.337 e. The molecule has 1 fully saturated rings.